The van der Waals surface area contributed by atoms with E-state index in [1.54, 1.807) is 6.20 Å². The molecule has 1 fully saturated rings. The summed E-state index contributed by atoms with van der Waals surface area (Å²) in [5.41, 5.74) is 4.90. The SMILES string of the molecule is CC(=NNC(=[Se])N1CCCCC1C)c1ccccn1. The van der Waals surface area contributed by atoms with Gasteiger partial charge in [-0.3, -0.25) is 0 Å². The third-order valence-corrected chi connectivity index (χ3v) is 4.10. The standard InChI is InChI=1S/C14H20N4Se/c1-11-7-4-6-10-18(11)14(19)17-16-12(2)13-8-3-5-9-15-13/h3,5,8-9,11H,4,6-7,10H2,1-2H3,(H,17,19). The number of aromatic nitrogens is 1. The molecule has 0 bridgehead atoms. The first-order chi connectivity index (χ1) is 9.18. The van der Waals surface area contributed by atoms with Crippen LogP contribution < -0.4 is 5.43 Å². The molecule has 19 heavy (non-hydrogen) atoms. The Morgan fingerprint density at radius 1 is 1.47 bits per heavy atom. The van der Waals surface area contributed by atoms with Crippen LogP contribution in [-0.4, -0.2) is 48.4 Å². The summed E-state index contributed by atoms with van der Waals surface area (Å²) in [5, 5.41) is 4.40. The quantitative estimate of drug-likeness (QED) is 0.519. The molecule has 1 aromatic heterocycles. The average molecular weight is 323 g/mol. The van der Waals surface area contributed by atoms with Crippen LogP contribution in [0.5, 0.6) is 0 Å². The molecule has 2 heterocycles. The van der Waals surface area contributed by atoms with E-state index in [-0.39, 0.29) is 0 Å². The van der Waals surface area contributed by atoms with E-state index in [1.807, 2.05) is 25.1 Å². The molecule has 5 heteroatoms. The third-order valence-electron chi connectivity index (χ3n) is 3.42. The number of hydrazone groups is 1. The Balaban J connectivity index is 1.96. The van der Waals surface area contributed by atoms with Crippen LogP contribution in [-0.2, 0) is 0 Å². The molecule has 2 rings (SSSR count). The Labute approximate surface area is 122 Å². The van der Waals surface area contributed by atoms with Crippen LogP contribution in [0.15, 0.2) is 29.5 Å². The van der Waals surface area contributed by atoms with E-state index in [9.17, 15) is 0 Å². The Kier molecular flexibility index (Phi) is 5.11. The summed E-state index contributed by atoms with van der Waals surface area (Å²) in [5.74, 6) is 0. The van der Waals surface area contributed by atoms with Crippen LogP contribution in [0, 0.1) is 0 Å². The topological polar surface area (TPSA) is 40.5 Å². The Hall–Kier alpha value is -1.19. The first-order valence-corrected chi connectivity index (χ1v) is 7.56. The van der Waals surface area contributed by atoms with Gasteiger partial charge in [0.15, 0.2) is 0 Å². The summed E-state index contributed by atoms with van der Waals surface area (Å²) in [4.78, 5) is 6.63. The fourth-order valence-corrected chi connectivity index (χ4v) is 2.89. The zero-order valence-corrected chi connectivity index (χ0v) is 13.2. The van der Waals surface area contributed by atoms with Gasteiger partial charge in [0.2, 0.25) is 0 Å². The van der Waals surface area contributed by atoms with Crippen molar-refractivity contribution in [2.24, 2.45) is 5.10 Å². The summed E-state index contributed by atoms with van der Waals surface area (Å²) in [6.45, 7) is 5.31. The van der Waals surface area contributed by atoms with E-state index < -0.39 is 0 Å². The van der Waals surface area contributed by atoms with Crippen LogP contribution in [0.25, 0.3) is 0 Å². The summed E-state index contributed by atoms with van der Waals surface area (Å²) >= 11 is 3.09. The van der Waals surface area contributed by atoms with E-state index in [1.165, 1.54) is 19.3 Å². The van der Waals surface area contributed by atoms with Gasteiger partial charge in [-0.25, -0.2) is 0 Å². The molecular formula is C14H20N4Se. The van der Waals surface area contributed by atoms with E-state index >= 15 is 0 Å². The van der Waals surface area contributed by atoms with Crippen molar-refractivity contribution in [1.29, 1.82) is 0 Å². The van der Waals surface area contributed by atoms with E-state index in [0.717, 1.165) is 22.6 Å². The summed E-state index contributed by atoms with van der Waals surface area (Å²) in [6, 6.07) is 6.41. The molecule has 4 nitrogen and oxygen atoms in total. The molecule has 1 aromatic rings. The second kappa shape index (κ2) is 6.83. The van der Waals surface area contributed by atoms with Gasteiger partial charge < -0.3 is 0 Å². The van der Waals surface area contributed by atoms with Crippen molar-refractivity contribution in [3.8, 4) is 0 Å². The van der Waals surface area contributed by atoms with Crippen LogP contribution in [0.2, 0.25) is 0 Å². The number of likely N-dealkylation sites (tertiary alicyclic amines) is 1. The van der Waals surface area contributed by atoms with Gasteiger partial charge in [-0.1, -0.05) is 0 Å². The first-order valence-electron chi connectivity index (χ1n) is 6.71. The van der Waals surface area contributed by atoms with Crippen LogP contribution in [0.1, 0.15) is 38.8 Å². The molecule has 0 amide bonds. The van der Waals surface area contributed by atoms with Gasteiger partial charge in [0.25, 0.3) is 0 Å². The fourth-order valence-electron chi connectivity index (χ4n) is 2.23. The van der Waals surface area contributed by atoms with E-state index in [4.69, 9.17) is 0 Å². The molecule has 1 aliphatic rings. The maximum atomic E-state index is 4.40. The summed E-state index contributed by atoms with van der Waals surface area (Å²) in [7, 11) is 0. The number of nitrogens with zero attached hydrogens (tertiary/aromatic N) is 3. The van der Waals surface area contributed by atoms with Crippen molar-refractivity contribution >= 4 is 26.0 Å². The monoisotopic (exact) mass is 324 g/mol. The first kappa shape index (κ1) is 14.2. The Morgan fingerprint density at radius 2 is 2.32 bits per heavy atom. The Morgan fingerprint density at radius 3 is 3.00 bits per heavy atom. The van der Waals surface area contributed by atoms with Gasteiger partial charge in [-0.15, -0.1) is 0 Å². The fraction of sp³-hybridized carbons (Fsp3) is 0.500. The van der Waals surface area contributed by atoms with Crippen molar-refractivity contribution in [2.45, 2.75) is 39.2 Å². The molecule has 0 spiro atoms. The second-order valence-corrected chi connectivity index (χ2v) is 5.68. The zero-order chi connectivity index (χ0) is 13.7. The van der Waals surface area contributed by atoms with Crippen molar-refractivity contribution < 1.29 is 0 Å². The van der Waals surface area contributed by atoms with Gasteiger partial charge in [0.05, 0.1) is 0 Å². The number of rotatable bonds is 4. The van der Waals surface area contributed by atoms with Crippen molar-refractivity contribution in [2.75, 3.05) is 6.54 Å². The summed E-state index contributed by atoms with van der Waals surface area (Å²) < 4.78 is 1.00. The van der Waals surface area contributed by atoms with E-state index in [2.05, 4.69) is 42.9 Å². The van der Waals surface area contributed by atoms with Crippen molar-refractivity contribution in [1.82, 2.24) is 15.3 Å². The molecule has 0 radical (unpaired) electrons. The van der Waals surface area contributed by atoms with Crippen LogP contribution in [0.3, 0.4) is 0 Å². The number of nitrogens with one attached hydrogen (secondary N) is 1. The van der Waals surface area contributed by atoms with Crippen LogP contribution in [0.4, 0.5) is 0 Å². The molecule has 1 unspecified atom stereocenters. The van der Waals surface area contributed by atoms with Crippen molar-refractivity contribution in [3.63, 3.8) is 0 Å². The molecule has 1 atom stereocenters. The molecule has 1 saturated heterocycles. The number of pyridine rings is 1. The normalized spacial score (nSPS) is 20.2. The molecule has 102 valence electrons. The summed E-state index contributed by atoms with van der Waals surface area (Å²) in [6.07, 6.45) is 5.60. The van der Waals surface area contributed by atoms with Crippen LogP contribution >= 0.6 is 0 Å². The molecule has 0 aliphatic carbocycles. The molecule has 1 N–H and O–H groups in total. The second-order valence-electron chi connectivity index (χ2n) is 4.87. The molecular weight excluding hydrogens is 303 g/mol. The molecule has 1 aliphatic heterocycles. The van der Waals surface area contributed by atoms with Gasteiger partial charge in [0, 0.05) is 0 Å². The third kappa shape index (κ3) is 3.88. The Bertz CT molecular complexity index is 458. The number of hydrogen-bond acceptors (Lipinski definition) is 4. The van der Waals surface area contributed by atoms with Crippen molar-refractivity contribution in [3.05, 3.63) is 30.1 Å². The predicted octanol–water partition coefficient (Wildman–Crippen LogP) is 1.53. The van der Waals surface area contributed by atoms with Gasteiger partial charge in [0.1, 0.15) is 0 Å². The molecule has 0 aromatic carbocycles. The minimum absolute atomic E-state index is 0.572. The minimum atomic E-state index is 0.572. The van der Waals surface area contributed by atoms with Gasteiger partial charge in [-0.2, -0.15) is 0 Å². The average Bonchev–Trinajstić information content (AvgIpc) is 2.46. The number of piperidine rings is 1. The maximum absolute atomic E-state index is 4.40. The van der Waals surface area contributed by atoms with Gasteiger partial charge in [-0.05, 0) is 0 Å². The predicted molar refractivity (Wildman–Crippen MR) is 80.4 cm³/mol. The van der Waals surface area contributed by atoms with E-state index in [0.29, 0.717) is 6.04 Å². The molecule has 0 saturated carbocycles. The zero-order valence-electron chi connectivity index (χ0n) is 11.5. The van der Waals surface area contributed by atoms with Gasteiger partial charge >= 0.3 is 122 Å². The number of hydrogen-bond donors (Lipinski definition) is 1.